The lowest BCUT2D eigenvalue weighted by Crippen LogP contribution is -2.52. The molecule has 1 N–H and O–H groups in total. The van der Waals surface area contributed by atoms with E-state index in [0.717, 1.165) is 51.5 Å². The smallest absolute Gasteiger partial charge is 0.138 e. The number of piperazine rings is 1. The molecule has 25 heavy (non-hydrogen) atoms. The van der Waals surface area contributed by atoms with E-state index >= 15 is 0 Å². The molecule has 0 spiro atoms. The number of aliphatic hydroxyl groups excluding tert-OH is 1. The molecule has 0 unspecified atom stereocenters. The molecule has 2 aliphatic heterocycles. The van der Waals surface area contributed by atoms with Crippen LogP contribution in [0.1, 0.15) is 5.56 Å². The summed E-state index contributed by atoms with van der Waals surface area (Å²) in [6, 6.07) is 8.66. The number of aromatic nitrogens is 3. The summed E-state index contributed by atoms with van der Waals surface area (Å²) in [4.78, 5) is 11.1. The number of likely N-dealkylation sites (tertiary alicyclic amines) is 1. The van der Waals surface area contributed by atoms with Crippen LogP contribution in [0.5, 0.6) is 0 Å². The third-order valence-corrected chi connectivity index (χ3v) is 5.37. The monoisotopic (exact) mass is 342 g/mol. The van der Waals surface area contributed by atoms with Gasteiger partial charge in [0.25, 0.3) is 0 Å². The summed E-state index contributed by atoms with van der Waals surface area (Å²) in [7, 11) is 2.16. The normalized spacial score (nSPS) is 26.3. The standard InChI is InChI=1S/C18H26N6O/c1-21-6-8-23(9-7-21)17-11-22(12-18(17)25)10-15-2-4-16(5-3-15)24-14-19-13-20-24/h2-5,13-14,17-18,25H,6-12H2,1H3/t17-,18-/m0/s1. The Labute approximate surface area is 148 Å². The average Bonchev–Trinajstić information content (AvgIpc) is 3.27. The Morgan fingerprint density at radius 3 is 2.52 bits per heavy atom. The van der Waals surface area contributed by atoms with Gasteiger partial charge in [0.15, 0.2) is 0 Å². The minimum atomic E-state index is -0.252. The second-order valence-electron chi connectivity index (χ2n) is 7.17. The molecule has 7 heteroatoms. The molecule has 0 saturated carbocycles. The van der Waals surface area contributed by atoms with Gasteiger partial charge in [0.1, 0.15) is 12.7 Å². The van der Waals surface area contributed by atoms with Gasteiger partial charge < -0.3 is 10.0 Å². The molecule has 3 heterocycles. The van der Waals surface area contributed by atoms with Crippen molar-refractivity contribution in [1.29, 1.82) is 0 Å². The van der Waals surface area contributed by atoms with Crippen LogP contribution in [-0.4, -0.2) is 93.0 Å². The Hall–Kier alpha value is -1.80. The topological polar surface area (TPSA) is 60.7 Å². The van der Waals surface area contributed by atoms with Crippen LogP contribution >= 0.6 is 0 Å². The Balaban J connectivity index is 1.35. The molecule has 2 fully saturated rings. The highest BCUT2D eigenvalue weighted by Gasteiger charge is 2.36. The van der Waals surface area contributed by atoms with Gasteiger partial charge in [0, 0.05) is 51.9 Å². The van der Waals surface area contributed by atoms with Crippen molar-refractivity contribution in [3.63, 3.8) is 0 Å². The van der Waals surface area contributed by atoms with Crippen LogP contribution in [0.15, 0.2) is 36.9 Å². The lowest BCUT2D eigenvalue weighted by atomic mass is 10.1. The van der Waals surface area contributed by atoms with Crippen molar-refractivity contribution >= 4 is 0 Å². The van der Waals surface area contributed by atoms with Crippen LogP contribution in [0, 0.1) is 0 Å². The number of aliphatic hydroxyl groups is 1. The molecule has 2 aromatic rings. The third-order valence-electron chi connectivity index (χ3n) is 5.37. The van der Waals surface area contributed by atoms with Gasteiger partial charge >= 0.3 is 0 Å². The fraction of sp³-hybridized carbons (Fsp3) is 0.556. The van der Waals surface area contributed by atoms with E-state index in [0.29, 0.717) is 0 Å². The minimum Gasteiger partial charge on any atom is -0.390 e. The highest BCUT2D eigenvalue weighted by atomic mass is 16.3. The summed E-state index contributed by atoms with van der Waals surface area (Å²) in [6.45, 7) is 6.85. The first-order valence-electron chi connectivity index (χ1n) is 8.96. The first-order chi connectivity index (χ1) is 12.2. The zero-order valence-corrected chi connectivity index (χ0v) is 14.7. The quantitative estimate of drug-likeness (QED) is 0.848. The summed E-state index contributed by atoms with van der Waals surface area (Å²) in [5.41, 5.74) is 2.27. The SMILES string of the molecule is CN1CCN([C@H]2CN(Cc3ccc(-n4cncn4)cc3)C[C@@H]2O)CC1. The van der Waals surface area contributed by atoms with E-state index in [1.807, 2.05) is 0 Å². The number of likely N-dealkylation sites (N-methyl/N-ethyl adjacent to an activating group) is 1. The van der Waals surface area contributed by atoms with Crippen molar-refractivity contribution < 1.29 is 5.11 Å². The zero-order valence-electron chi connectivity index (χ0n) is 14.7. The molecule has 2 atom stereocenters. The summed E-state index contributed by atoms with van der Waals surface area (Å²) in [5, 5.41) is 14.7. The predicted molar refractivity (Wildman–Crippen MR) is 95.5 cm³/mol. The van der Waals surface area contributed by atoms with Crippen LogP contribution in [0.4, 0.5) is 0 Å². The summed E-state index contributed by atoms with van der Waals surface area (Å²) >= 11 is 0. The van der Waals surface area contributed by atoms with E-state index in [-0.39, 0.29) is 12.1 Å². The third kappa shape index (κ3) is 3.74. The predicted octanol–water partition coefficient (Wildman–Crippen LogP) is 0.0598. The van der Waals surface area contributed by atoms with Crippen molar-refractivity contribution in [2.24, 2.45) is 0 Å². The molecule has 4 rings (SSSR count). The van der Waals surface area contributed by atoms with Crippen molar-refractivity contribution in [1.82, 2.24) is 29.5 Å². The highest BCUT2D eigenvalue weighted by Crippen LogP contribution is 2.20. The van der Waals surface area contributed by atoms with Gasteiger partial charge in [0.2, 0.25) is 0 Å². The second-order valence-corrected chi connectivity index (χ2v) is 7.17. The zero-order chi connectivity index (χ0) is 17.2. The summed E-state index contributed by atoms with van der Waals surface area (Å²) in [6.07, 6.45) is 2.99. The molecule has 2 saturated heterocycles. The van der Waals surface area contributed by atoms with Gasteiger partial charge in [-0.2, -0.15) is 5.10 Å². The first-order valence-corrected chi connectivity index (χ1v) is 8.96. The molecule has 0 aliphatic carbocycles. The minimum absolute atomic E-state index is 0.252. The molecule has 1 aromatic carbocycles. The van der Waals surface area contributed by atoms with Crippen LogP contribution in [0.25, 0.3) is 5.69 Å². The number of benzene rings is 1. The maximum absolute atomic E-state index is 10.5. The van der Waals surface area contributed by atoms with Gasteiger partial charge in [-0.25, -0.2) is 9.67 Å². The number of β-amino-alcohol motifs (C(OH)–C–C–N with tert-alkyl or cyclic N) is 1. The Kier molecular flexibility index (Phi) is 4.80. The van der Waals surface area contributed by atoms with Crippen LogP contribution in [0.3, 0.4) is 0 Å². The van der Waals surface area contributed by atoms with Crippen molar-refractivity contribution in [3.05, 3.63) is 42.5 Å². The lowest BCUT2D eigenvalue weighted by Gasteiger charge is -2.37. The van der Waals surface area contributed by atoms with E-state index in [2.05, 4.69) is 56.1 Å². The van der Waals surface area contributed by atoms with Gasteiger partial charge in [-0.3, -0.25) is 9.80 Å². The fourth-order valence-corrected chi connectivity index (χ4v) is 3.84. The van der Waals surface area contributed by atoms with E-state index in [1.165, 1.54) is 11.9 Å². The van der Waals surface area contributed by atoms with E-state index < -0.39 is 0 Å². The van der Waals surface area contributed by atoms with E-state index in [1.54, 1.807) is 11.0 Å². The number of nitrogens with zero attached hydrogens (tertiary/aromatic N) is 6. The number of hydrogen-bond donors (Lipinski definition) is 1. The molecular formula is C18H26N6O. The average molecular weight is 342 g/mol. The molecule has 134 valence electrons. The van der Waals surface area contributed by atoms with E-state index in [9.17, 15) is 5.11 Å². The maximum Gasteiger partial charge on any atom is 0.138 e. The van der Waals surface area contributed by atoms with Gasteiger partial charge in [-0.1, -0.05) is 12.1 Å². The molecule has 0 radical (unpaired) electrons. The van der Waals surface area contributed by atoms with Crippen LogP contribution in [-0.2, 0) is 6.54 Å². The molecule has 0 bridgehead atoms. The second kappa shape index (κ2) is 7.21. The van der Waals surface area contributed by atoms with Crippen molar-refractivity contribution in [2.75, 3.05) is 46.3 Å². The summed E-state index contributed by atoms with van der Waals surface area (Å²) in [5.74, 6) is 0. The van der Waals surface area contributed by atoms with Crippen molar-refractivity contribution in [2.45, 2.75) is 18.7 Å². The van der Waals surface area contributed by atoms with Gasteiger partial charge in [-0.15, -0.1) is 0 Å². The van der Waals surface area contributed by atoms with Crippen LogP contribution in [0.2, 0.25) is 0 Å². The largest absolute Gasteiger partial charge is 0.390 e. The molecule has 0 amide bonds. The highest BCUT2D eigenvalue weighted by molar-refractivity contribution is 5.33. The van der Waals surface area contributed by atoms with E-state index in [4.69, 9.17) is 0 Å². The summed E-state index contributed by atoms with van der Waals surface area (Å²) < 4.78 is 1.76. The fourth-order valence-electron chi connectivity index (χ4n) is 3.84. The maximum atomic E-state index is 10.5. The Morgan fingerprint density at radius 1 is 1.08 bits per heavy atom. The molecule has 2 aliphatic rings. The Morgan fingerprint density at radius 2 is 1.84 bits per heavy atom. The number of rotatable bonds is 4. The van der Waals surface area contributed by atoms with Gasteiger partial charge in [0.05, 0.1) is 11.8 Å². The molecule has 1 aromatic heterocycles. The Bertz CT molecular complexity index is 665. The van der Waals surface area contributed by atoms with Crippen molar-refractivity contribution in [3.8, 4) is 5.69 Å². The van der Waals surface area contributed by atoms with Gasteiger partial charge in [-0.05, 0) is 24.7 Å². The number of hydrogen-bond acceptors (Lipinski definition) is 6. The van der Waals surface area contributed by atoms with Crippen LogP contribution < -0.4 is 0 Å². The molecule has 7 nitrogen and oxygen atoms in total. The first kappa shape index (κ1) is 16.7. The molecular weight excluding hydrogens is 316 g/mol. The lowest BCUT2D eigenvalue weighted by molar-refractivity contribution is 0.0512.